The summed E-state index contributed by atoms with van der Waals surface area (Å²) >= 11 is 0. The SMILES string of the molecule is Cc1ccc(C(C)NCC2CCN(C3CC3)C2)cc1. The predicted molar refractivity (Wildman–Crippen MR) is 80.3 cm³/mol. The molecule has 1 saturated heterocycles. The van der Waals surface area contributed by atoms with Crippen LogP contribution in [-0.2, 0) is 0 Å². The van der Waals surface area contributed by atoms with E-state index in [9.17, 15) is 0 Å². The van der Waals surface area contributed by atoms with Crippen molar-refractivity contribution in [2.75, 3.05) is 19.6 Å². The van der Waals surface area contributed by atoms with Crippen molar-refractivity contribution >= 4 is 0 Å². The molecule has 1 saturated carbocycles. The van der Waals surface area contributed by atoms with Crippen molar-refractivity contribution in [3.63, 3.8) is 0 Å². The monoisotopic (exact) mass is 258 g/mol. The van der Waals surface area contributed by atoms with E-state index in [1.54, 1.807) is 0 Å². The highest BCUT2D eigenvalue weighted by Gasteiger charge is 2.34. The van der Waals surface area contributed by atoms with Crippen LogP contribution in [0.1, 0.15) is 43.4 Å². The van der Waals surface area contributed by atoms with E-state index < -0.39 is 0 Å². The molecule has 0 radical (unpaired) electrons. The van der Waals surface area contributed by atoms with Crippen molar-refractivity contribution < 1.29 is 0 Å². The Hall–Kier alpha value is -0.860. The zero-order valence-corrected chi connectivity index (χ0v) is 12.2. The highest BCUT2D eigenvalue weighted by molar-refractivity contribution is 5.23. The van der Waals surface area contributed by atoms with Gasteiger partial charge in [0.05, 0.1) is 0 Å². The average Bonchev–Trinajstić information content (AvgIpc) is 3.16. The van der Waals surface area contributed by atoms with Gasteiger partial charge in [-0.3, -0.25) is 0 Å². The molecule has 104 valence electrons. The number of benzene rings is 1. The lowest BCUT2D eigenvalue weighted by Gasteiger charge is -2.19. The van der Waals surface area contributed by atoms with Crippen LogP contribution >= 0.6 is 0 Å². The quantitative estimate of drug-likeness (QED) is 0.873. The molecule has 0 aromatic heterocycles. The van der Waals surface area contributed by atoms with E-state index in [4.69, 9.17) is 0 Å². The Bertz CT molecular complexity index is 408. The third-order valence-corrected chi connectivity index (χ3v) is 4.67. The van der Waals surface area contributed by atoms with Gasteiger partial charge in [0.2, 0.25) is 0 Å². The Morgan fingerprint density at radius 1 is 1.21 bits per heavy atom. The zero-order chi connectivity index (χ0) is 13.2. The Labute approximate surface area is 117 Å². The minimum absolute atomic E-state index is 0.468. The summed E-state index contributed by atoms with van der Waals surface area (Å²) < 4.78 is 0. The van der Waals surface area contributed by atoms with Gasteiger partial charge in [-0.2, -0.15) is 0 Å². The molecule has 1 aliphatic heterocycles. The van der Waals surface area contributed by atoms with Gasteiger partial charge in [-0.1, -0.05) is 29.8 Å². The first-order valence-corrected chi connectivity index (χ1v) is 7.76. The fraction of sp³-hybridized carbons (Fsp3) is 0.647. The van der Waals surface area contributed by atoms with E-state index >= 15 is 0 Å². The van der Waals surface area contributed by atoms with Gasteiger partial charge >= 0.3 is 0 Å². The van der Waals surface area contributed by atoms with E-state index in [0.29, 0.717) is 6.04 Å². The maximum atomic E-state index is 3.71. The summed E-state index contributed by atoms with van der Waals surface area (Å²) in [6.07, 6.45) is 4.27. The molecule has 2 heteroatoms. The largest absolute Gasteiger partial charge is 0.310 e. The first-order chi connectivity index (χ1) is 9.22. The number of aryl methyl sites for hydroxylation is 1. The Morgan fingerprint density at radius 2 is 1.95 bits per heavy atom. The first kappa shape index (κ1) is 13.1. The molecule has 2 nitrogen and oxygen atoms in total. The normalized spacial score (nSPS) is 25.7. The van der Waals surface area contributed by atoms with Gasteiger partial charge in [0.25, 0.3) is 0 Å². The van der Waals surface area contributed by atoms with Crippen LogP contribution in [0.3, 0.4) is 0 Å². The van der Waals surface area contributed by atoms with E-state index in [2.05, 4.69) is 48.3 Å². The van der Waals surface area contributed by atoms with Crippen molar-refractivity contribution in [1.29, 1.82) is 0 Å². The van der Waals surface area contributed by atoms with Gasteiger partial charge in [-0.25, -0.2) is 0 Å². The van der Waals surface area contributed by atoms with Crippen LogP contribution in [0.2, 0.25) is 0 Å². The van der Waals surface area contributed by atoms with E-state index in [1.807, 2.05) is 0 Å². The lowest BCUT2D eigenvalue weighted by Crippen LogP contribution is -2.29. The molecule has 0 bridgehead atoms. The topological polar surface area (TPSA) is 15.3 Å². The number of rotatable bonds is 5. The third-order valence-electron chi connectivity index (χ3n) is 4.67. The van der Waals surface area contributed by atoms with Crippen LogP contribution in [-0.4, -0.2) is 30.6 Å². The van der Waals surface area contributed by atoms with Gasteiger partial charge < -0.3 is 10.2 Å². The van der Waals surface area contributed by atoms with Gasteiger partial charge in [0.15, 0.2) is 0 Å². The molecule has 1 N–H and O–H groups in total. The molecular weight excluding hydrogens is 232 g/mol. The Morgan fingerprint density at radius 3 is 2.63 bits per heavy atom. The first-order valence-electron chi connectivity index (χ1n) is 7.76. The lowest BCUT2D eigenvalue weighted by molar-refractivity contribution is 0.310. The summed E-state index contributed by atoms with van der Waals surface area (Å²) in [7, 11) is 0. The van der Waals surface area contributed by atoms with Crippen molar-refractivity contribution in [2.24, 2.45) is 5.92 Å². The summed E-state index contributed by atoms with van der Waals surface area (Å²) in [6.45, 7) is 8.23. The summed E-state index contributed by atoms with van der Waals surface area (Å²) in [5, 5.41) is 3.71. The van der Waals surface area contributed by atoms with Crippen molar-refractivity contribution in [3.05, 3.63) is 35.4 Å². The molecule has 0 spiro atoms. The van der Waals surface area contributed by atoms with Crippen molar-refractivity contribution in [3.8, 4) is 0 Å². The minimum Gasteiger partial charge on any atom is -0.310 e. The van der Waals surface area contributed by atoms with Crippen LogP contribution in [0.15, 0.2) is 24.3 Å². The molecule has 2 fully saturated rings. The number of hydrogen-bond acceptors (Lipinski definition) is 2. The Kier molecular flexibility index (Phi) is 3.90. The highest BCUT2D eigenvalue weighted by atomic mass is 15.2. The second-order valence-electron chi connectivity index (χ2n) is 6.42. The second-order valence-corrected chi connectivity index (χ2v) is 6.42. The molecule has 3 rings (SSSR count). The van der Waals surface area contributed by atoms with Gasteiger partial charge in [0.1, 0.15) is 0 Å². The van der Waals surface area contributed by atoms with E-state index in [0.717, 1.165) is 18.5 Å². The summed E-state index contributed by atoms with van der Waals surface area (Å²) in [5.74, 6) is 0.855. The third kappa shape index (κ3) is 3.37. The molecular formula is C17H26N2. The van der Waals surface area contributed by atoms with Crippen LogP contribution < -0.4 is 5.32 Å². The van der Waals surface area contributed by atoms with Crippen LogP contribution in [0.5, 0.6) is 0 Å². The zero-order valence-electron chi connectivity index (χ0n) is 12.2. The van der Waals surface area contributed by atoms with Crippen LogP contribution in [0.4, 0.5) is 0 Å². The highest BCUT2D eigenvalue weighted by Crippen LogP contribution is 2.31. The molecule has 19 heavy (non-hydrogen) atoms. The van der Waals surface area contributed by atoms with Crippen LogP contribution in [0, 0.1) is 12.8 Å². The maximum absolute atomic E-state index is 3.71. The lowest BCUT2D eigenvalue weighted by atomic mass is 10.0. The molecule has 2 aliphatic rings. The molecule has 1 aliphatic carbocycles. The fourth-order valence-electron chi connectivity index (χ4n) is 3.12. The number of nitrogens with one attached hydrogen (secondary N) is 1. The second kappa shape index (κ2) is 5.64. The summed E-state index contributed by atoms with van der Waals surface area (Å²) in [5.41, 5.74) is 2.74. The van der Waals surface area contributed by atoms with Gasteiger partial charge in [-0.15, -0.1) is 0 Å². The Balaban J connectivity index is 1.45. The van der Waals surface area contributed by atoms with Crippen LogP contribution in [0.25, 0.3) is 0 Å². The van der Waals surface area contributed by atoms with Crippen molar-refractivity contribution in [2.45, 2.75) is 45.2 Å². The average molecular weight is 258 g/mol. The van der Waals surface area contributed by atoms with E-state index in [-0.39, 0.29) is 0 Å². The van der Waals surface area contributed by atoms with Gasteiger partial charge in [-0.05, 0) is 57.7 Å². The molecule has 1 heterocycles. The molecule has 2 atom stereocenters. The number of hydrogen-bond donors (Lipinski definition) is 1. The minimum atomic E-state index is 0.468. The summed E-state index contributed by atoms with van der Waals surface area (Å²) in [4.78, 5) is 2.70. The smallest absolute Gasteiger partial charge is 0.0291 e. The fourth-order valence-corrected chi connectivity index (χ4v) is 3.12. The molecule has 2 unspecified atom stereocenters. The summed E-state index contributed by atoms with van der Waals surface area (Å²) in [6, 6.07) is 10.3. The molecule has 0 amide bonds. The van der Waals surface area contributed by atoms with Crippen molar-refractivity contribution in [1.82, 2.24) is 10.2 Å². The standard InChI is InChI=1S/C17H26N2/c1-13-3-5-16(6-4-13)14(2)18-11-15-9-10-19(12-15)17-7-8-17/h3-6,14-15,17-18H,7-12H2,1-2H3. The number of likely N-dealkylation sites (tertiary alicyclic amines) is 1. The molecule has 1 aromatic carbocycles. The molecule has 1 aromatic rings. The van der Waals surface area contributed by atoms with Gasteiger partial charge in [0, 0.05) is 18.6 Å². The predicted octanol–water partition coefficient (Wildman–Crippen LogP) is 3.13. The number of nitrogens with zero attached hydrogens (tertiary/aromatic N) is 1. The maximum Gasteiger partial charge on any atom is 0.0291 e. The van der Waals surface area contributed by atoms with E-state index in [1.165, 1.54) is 43.5 Å².